The molecule has 0 saturated carbocycles. The fraction of sp³-hybridized carbons (Fsp3) is 0.700. The lowest BCUT2D eigenvalue weighted by Crippen LogP contribution is -2.40. The van der Waals surface area contributed by atoms with Gasteiger partial charge in [0, 0.05) is 24.9 Å². The molecule has 16 heavy (non-hydrogen) atoms. The number of hydrogen-bond donors (Lipinski definition) is 1. The van der Waals surface area contributed by atoms with E-state index in [1.54, 1.807) is 0 Å². The topological polar surface area (TPSA) is 43.8 Å². The summed E-state index contributed by atoms with van der Waals surface area (Å²) in [6, 6.07) is -2.69. The van der Waals surface area contributed by atoms with E-state index in [0.717, 1.165) is 11.0 Å². The number of hydrogen-bond acceptors (Lipinski definition) is 2. The van der Waals surface area contributed by atoms with Gasteiger partial charge in [0.25, 0.3) is 0 Å². The van der Waals surface area contributed by atoms with Crippen molar-refractivity contribution in [1.82, 2.24) is 9.55 Å². The van der Waals surface area contributed by atoms with Crippen LogP contribution in [0.2, 0.25) is 0 Å². The van der Waals surface area contributed by atoms with Crippen LogP contribution in [0.15, 0.2) is 12.4 Å². The minimum absolute atomic E-state index is 0.433. The summed E-state index contributed by atoms with van der Waals surface area (Å²) in [4.78, 5) is 3.93. The Bertz CT molecular complexity index is 330. The highest BCUT2D eigenvalue weighted by Crippen LogP contribution is 2.33. The van der Waals surface area contributed by atoms with Gasteiger partial charge in [0.2, 0.25) is 0 Å². The summed E-state index contributed by atoms with van der Waals surface area (Å²) in [5, 5.41) is 0. The molecule has 6 heteroatoms. The Balaban J connectivity index is 3.06. The van der Waals surface area contributed by atoms with Gasteiger partial charge in [-0.2, -0.15) is 13.2 Å². The van der Waals surface area contributed by atoms with Crippen LogP contribution in [0, 0.1) is 0 Å². The standard InChI is InChI=1S/C10H16F3N3/c1-3-4-8-15-5-6-16(8)9(7(2)14)10(11,12)13/h5-7,9H,3-4,14H2,1-2H3. The maximum absolute atomic E-state index is 12.8. The van der Waals surface area contributed by atoms with E-state index in [0.29, 0.717) is 12.2 Å². The lowest BCUT2D eigenvalue weighted by molar-refractivity contribution is -0.172. The average molecular weight is 235 g/mol. The lowest BCUT2D eigenvalue weighted by atomic mass is 10.1. The first-order valence-electron chi connectivity index (χ1n) is 5.22. The quantitative estimate of drug-likeness (QED) is 0.870. The summed E-state index contributed by atoms with van der Waals surface area (Å²) >= 11 is 0. The number of halogens is 3. The van der Waals surface area contributed by atoms with E-state index in [9.17, 15) is 13.2 Å². The van der Waals surface area contributed by atoms with Crippen LogP contribution in [0.25, 0.3) is 0 Å². The van der Waals surface area contributed by atoms with Gasteiger partial charge in [-0.15, -0.1) is 0 Å². The Morgan fingerprint density at radius 1 is 1.50 bits per heavy atom. The zero-order chi connectivity index (χ0) is 12.3. The van der Waals surface area contributed by atoms with Crippen LogP contribution in [0.3, 0.4) is 0 Å². The van der Waals surface area contributed by atoms with Gasteiger partial charge < -0.3 is 10.3 Å². The minimum Gasteiger partial charge on any atom is -0.326 e. The Kier molecular flexibility index (Phi) is 3.96. The highest BCUT2D eigenvalue weighted by atomic mass is 19.4. The summed E-state index contributed by atoms with van der Waals surface area (Å²) in [5.74, 6) is 0.433. The Hall–Kier alpha value is -1.04. The summed E-state index contributed by atoms with van der Waals surface area (Å²) < 4.78 is 39.6. The van der Waals surface area contributed by atoms with E-state index >= 15 is 0 Å². The zero-order valence-corrected chi connectivity index (χ0v) is 9.33. The van der Waals surface area contributed by atoms with E-state index in [1.165, 1.54) is 19.3 Å². The van der Waals surface area contributed by atoms with E-state index in [2.05, 4.69) is 4.98 Å². The molecular weight excluding hydrogens is 219 g/mol. The molecule has 3 nitrogen and oxygen atoms in total. The minimum atomic E-state index is -4.35. The molecule has 0 radical (unpaired) electrons. The van der Waals surface area contributed by atoms with E-state index in [4.69, 9.17) is 5.73 Å². The number of nitrogens with zero attached hydrogens (tertiary/aromatic N) is 2. The van der Waals surface area contributed by atoms with Gasteiger partial charge in [0.15, 0.2) is 0 Å². The van der Waals surface area contributed by atoms with Crippen molar-refractivity contribution in [3.05, 3.63) is 18.2 Å². The monoisotopic (exact) mass is 235 g/mol. The molecule has 1 aromatic rings. The molecule has 0 aromatic carbocycles. The van der Waals surface area contributed by atoms with Crippen molar-refractivity contribution in [2.45, 2.75) is 44.9 Å². The van der Waals surface area contributed by atoms with Crippen LogP contribution in [0.1, 0.15) is 32.1 Å². The molecule has 0 aliphatic rings. The summed E-state index contributed by atoms with van der Waals surface area (Å²) in [6.07, 6.45) is -0.358. The number of imidazole rings is 1. The fourth-order valence-corrected chi connectivity index (χ4v) is 1.72. The van der Waals surface area contributed by atoms with Crippen LogP contribution in [-0.2, 0) is 6.42 Å². The van der Waals surface area contributed by atoms with Crippen molar-refractivity contribution in [1.29, 1.82) is 0 Å². The second-order valence-electron chi connectivity index (χ2n) is 3.85. The summed E-state index contributed by atoms with van der Waals surface area (Å²) in [6.45, 7) is 3.25. The molecule has 0 aliphatic heterocycles. The predicted molar refractivity (Wildman–Crippen MR) is 55.0 cm³/mol. The first kappa shape index (κ1) is 13.0. The molecule has 1 aromatic heterocycles. The third-order valence-corrected chi connectivity index (χ3v) is 2.36. The molecule has 1 heterocycles. The molecule has 0 spiro atoms. The zero-order valence-electron chi connectivity index (χ0n) is 9.33. The average Bonchev–Trinajstić information content (AvgIpc) is 2.50. The number of nitrogens with two attached hydrogens (primary N) is 1. The normalized spacial score (nSPS) is 16.1. The molecule has 2 atom stereocenters. The van der Waals surface area contributed by atoms with E-state index in [1.807, 2.05) is 6.92 Å². The van der Waals surface area contributed by atoms with Gasteiger partial charge in [-0.05, 0) is 13.3 Å². The molecule has 1 rings (SSSR count). The number of aromatic nitrogens is 2. The molecule has 92 valence electrons. The fourth-order valence-electron chi connectivity index (χ4n) is 1.72. The van der Waals surface area contributed by atoms with Crippen molar-refractivity contribution in [3.63, 3.8) is 0 Å². The third kappa shape index (κ3) is 2.75. The Morgan fingerprint density at radius 2 is 2.12 bits per heavy atom. The molecule has 2 N–H and O–H groups in total. The van der Waals surface area contributed by atoms with Crippen LogP contribution in [0.5, 0.6) is 0 Å². The van der Waals surface area contributed by atoms with E-state index in [-0.39, 0.29) is 0 Å². The second kappa shape index (κ2) is 4.86. The molecule has 0 amide bonds. The molecule has 0 fully saturated rings. The molecular formula is C10H16F3N3. The summed E-state index contributed by atoms with van der Waals surface area (Å²) in [7, 11) is 0. The third-order valence-electron chi connectivity index (χ3n) is 2.36. The maximum atomic E-state index is 12.8. The number of rotatable bonds is 4. The molecule has 0 aliphatic carbocycles. The number of alkyl halides is 3. The van der Waals surface area contributed by atoms with Gasteiger partial charge >= 0.3 is 6.18 Å². The van der Waals surface area contributed by atoms with Crippen LogP contribution in [0.4, 0.5) is 13.2 Å². The van der Waals surface area contributed by atoms with Gasteiger partial charge in [0.05, 0.1) is 0 Å². The largest absolute Gasteiger partial charge is 0.410 e. The summed E-state index contributed by atoms with van der Waals surface area (Å²) in [5.41, 5.74) is 5.41. The van der Waals surface area contributed by atoms with E-state index < -0.39 is 18.3 Å². The van der Waals surface area contributed by atoms with Gasteiger partial charge in [0.1, 0.15) is 11.9 Å². The molecule has 2 unspecified atom stereocenters. The van der Waals surface area contributed by atoms with Crippen LogP contribution < -0.4 is 5.73 Å². The lowest BCUT2D eigenvalue weighted by Gasteiger charge is -2.26. The highest BCUT2D eigenvalue weighted by molar-refractivity contribution is 4.99. The Labute approximate surface area is 92.5 Å². The maximum Gasteiger partial charge on any atom is 0.410 e. The van der Waals surface area contributed by atoms with Crippen LogP contribution >= 0.6 is 0 Å². The van der Waals surface area contributed by atoms with Crippen LogP contribution in [-0.4, -0.2) is 21.8 Å². The van der Waals surface area contributed by atoms with Gasteiger partial charge in [-0.25, -0.2) is 4.98 Å². The first-order valence-corrected chi connectivity index (χ1v) is 5.22. The van der Waals surface area contributed by atoms with Crippen molar-refractivity contribution < 1.29 is 13.2 Å². The predicted octanol–water partition coefficient (Wildman–Crippen LogP) is 2.29. The molecule has 0 saturated heterocycles. The first-order chi connectivity index (χ1) is 7.38. The highest BCUT2D eigenvalue weighted by Gasteiger charge is 2.43. The van der Waals surface area contributed by atoms with Crippen molar-refractivity contribution in [2.24, 2.45) is 5.73 Å². The smallest absolute Gasteiger partial charge is 0.326 e. The Morgan fingerprint density at radius 3 is 2.56 bits per heavy atom. The second-order valence-corrected chi connectivity index (χ2v) is 3.85. The molecule has 0 bridgehead atoms. The van der Waals surface area contributed by atoms with Gasteiger partial charge in [-0.1, -0.05) is 6.92 Å². The number of aryl methyl sites for hydroxylation is 1. The SMILES string of the molecule is CCCc1nccn1C(C(C)N)C(F)(F)F. The van der Waals surface area contributed by atoms with Crippen molar-refractivity contribution in [3.8, 4) is 0 Å². The van der Waals surface area contributed by atoms with Crippen molar-refractivity contribution >= 4 is 0 Å². The van der Waals surface area contributed by atoms with Crippen molar-refractivity contribution in [2.75, 3.05) is 0 Å². The van der Waals surface area contributed by atoms with Gasteiger partial charge in [-0.3, -0.25) is 0 Å².